The van der Waals surface area contributed by atoms with Crippen molar-refractivity contribution in [2.75, 3.05) is 20.8 Å². The first-order chi connectivity index (χ1) is 9.60. The van der Waals surface area contributed by atoms with Crippen LogP contribution in [0.4, 0.5) is 0 Å². The topological polar surface area (TPSA) is 57.2 Å². The van der Waals surface area contributed by atoms with Gasteiger partial charge in [-0.15, -0.1) is 0 Å². The summed E-state index contributed by atoms with van der Waals surface area (Å²) in [4.78, 5) is 0. The maximum absolute atomic E-state index is 9.40. The molecule has 5 nitrogen and oxygen atoms in total. The van der Waals surface area contributed by atoms with E-state index in [1.165, 1.54) is 0 Å². The summed E-state index contributed by atoms with van der Waals surface area (Å²) in [6, 6.07) is 3.80. The number of ether oxygens (including phenoxy) is 4. The molecule has 2 bridgehead atoms. The average molecular weight is 280 g/mol. The van der Waals surface area contributed by atoms with Gasteiger partial charge in [-0.05, 0) is 19.1 Å². The minimum atomic E-state index is -0.719. The summed E-state index contributed by atoms with van der Waals surface area (Å²) in [6.07, 6.45) is 0.848. The summed E-state index contributed by atoms with van der Waals surface area (Å²) >= 11 is 0. The van der Waals surface area contributed by atoms with Crippen LogP contribution in [0.5, 0.6) is 11.5 Å². The number of aliphatic hydroxyl groups is 1. The van der Waals surface area contributed by atoms with Crippen molar-refractivity contribution in [3.05, 3.63) is 23.3 Å². The Morgan fingerprint density at radius 3 is 2.60 bits per heavy atom. The lowest BCUT2D eigenvalue weighted by Crippen LogP contribution is -2.49. The fourth-order valence-corrected chi connectivity index (χ4v) is 3.24. The molecule has 1 saturated heterocycles. The molecule has 1 aromatic rings. The zero-order chi connectivity index (χ0) is 14.3. The van der Waals surface area contributed by atoms with Gasteiger partial charge in [-0.1, -0.05) is 0 Å². The third-order valence-electron chi connectivity index (χ3n) is 4.02. The van der Waals surface area contributed by atoms with E-state index in [9.17, 15) is 5.11 Å². The number of benzene rings is 1. The number of hydrogen-bond donors (Lipinski definition) is 1. The molecule has 5 heteroatoms. The van der Waals surface area contributed by atoms with Crippen molar-refractivity contribution in [3.63, 3.8) is 0 Å². The van der Waals surface area contributed by atoms with Gasteiger partial charge in [0.25, 0.3) is 0 Å². The number of rotatable bonds is 3. The molecule has 110 valence electrons. The van der Waals surface area contributed by atoms with Crippen LogP contribution in [-0.2, 0) is 15.9 Å². The van der Waals surface area contributed by atoms with Crippen molar-refractivity contribution in [1.82, 2.24) is 0 Å². The molecular weight excluding hydrogens is 260 g/mol. The first kappa shape index (κ1) is 13.7. The molecule has 1 N–H and O–H groups in total. The molecule has 1 aromatic carbocycles. The smallest absolute Gasteiger partial charge is 0.170 e. The maximum Gasteiger partial charge on any atom is 0.170 e. The lowest BCUT2D eigenvalue weighted by atomic mass is 9.87. The molecular formula is C15H20O5. The second kappa shape index (κ2) is 4.91. The van der Waals surface area contributed by atoms with Gasteiger partial charge in [0.1, 0.15) is 11.5 Å². The molecule has 3 rings (SSSR count). The molecule has 0 radical (unpaired) electrons. The van der Waals surface area contributed by atoms with Gasteiger partial charge >= 0.3 is 0 Å². The monoisotopic (exact) mass is 280 g/mol. The van der Waals surface area contributed by atoms with Gasteiger partial charge in [0.05, 0.1) is 33.0 Å². The van der Waals surface area contributed by atoms with Crippen molar-refractivity contribution < 1.29 is 24.1 Å². The molecule has 0 amide bonds. The van der Waals surface area contributed by atoms with E-state index < -0.39 is 5.79 Å². The molecule has 3 unspecified atom stereocenters. The molecule has 2 heterocycles. The van der Waals surface area contributed by atoms with Crippen LogP contribution in [0.2, 0.25) is 0 Å². The van der Waals surface area contributed by atoms with Crippen molar-refractivity contribution in [2.45, 2.75) is 37.8 Å². The summed E-state index contributed by atoms with van der Waals surface area (Å²) in [7, 11) is 3.31. The summed E-state index contributed by atoms with van der Waals surface area (Å²) < 4.78 is 22.8. The zero-order valence-corrected chi connectivity index (χ0v) is 12.0. The van der Waals surface area contributed by atoms with Gasteiger partial charge in [0.15, 0.2) is 5.79 Å². The molecule has 3 atom stereocenters. The van der Waals surface area contributed by atoms with E-state index in [0.717, 1.165) is 22.6 Å². The molecule has 1 fully saturated rings. The van der Waals surface area contributed by atoms with Crippen LogP contribution in [-0.4, -0.2) is 37.8 Å². The quantitative estimate of drug-likeness (QED) is 0.915. The van der Waals surface area contributed by atoms with Crippen molar-refractivity contribution >= 4 is 0 Å². The van der Waals surface area contributed by atoms with E-state index in [0.29, 0.717) is 12.8 Å². The Bertz CT molecular complexity index is 515. The van der Waals surface area contributed by atoms with E-state index in [-0.39, 0.29) is 18.8 Å². The number of methoxy groups -OCH3 is 2. The van der Waals surface area contributed by atoms with Crippen molar-refractivity contribution in [3.8, 4) is 11.5 Å². The lowest BCUT2D eigenvalue weighted by Gasteiger charge is -2.47. The first-order valence-electron chi connectivity index (χ1n) is 6.80. The normalized spacial score (nSPS) is 31.6. The summed E-state index contributed by atoms with van der Waals surface area (Å²) in [5, 5.41) is 9.40. The van der Waals surface area contributed by atoms with Crippen LogP contribution < -0.4 is 9.47 Å². The van der Waals surface area contributed by atoms with Gasteiger partial charge < -0.3 is 24.1 Å². The molecule has 0 spiro atoms. The Balaban J connectivity index is 2.11. The van der Waals surface area contributed by atoms with Gasteiger partial charge in [0.2, 0.25) is 0 Å². The van der Waals surface area contributed by atoms with Crippen molar-refractivity contribution in [1.29, 1.82) is 0 Å². The fraction of sp³-hybridized carbons (Fsp3) is 0.600. The van der Waals surface area contributed by atoms with Crippen molar-refractivity contribution in [2.24, 2.45) is 0 Å². The zero-order valence-electron chi connectivity index (χ0n) is 12.0. The maximum atomic E-state index is 9.40. The highest BCUT2D eigenvalue weighted by Gasteiger charge is 2.46. The Kier molecular flexibility index (Phi) is 3.36. The molecule has 0 aromatic heterocycles. The first-order valence-corrected chi connectivity index (χ1v) is 6.80. The van der Waals surface area contributed by atoms with Crippen LogP contribution in [0.1, 0.15) is 30.6 Å². The van der Waals surface area contributed by atoms with E-state index in [1.54, 1.807) is 14.2 Å². The molecule has 2 aliphatic heterocycles. The molecule has 2 aliphatic rings. The minimum Gasteiger partial charge on any atom is -0.496 e. The predicted octanol–water partition coefficient (Wildman–Crippen LogP) is 1.81. The second-order valence-electron chi connectivity index (χ2n) is 5.44. The summed E-state index contributed by atoms with van der Waals surface area (Å²) in [6.45, 7) is 1.90. The molecule has 20 heavy (non-hydrogen) atoms. The van der Waals surface area contributed by atoms with Gasteiger partial charge in [0, 0.05) is 24.0 Å². The highest BCUT2D eigenvalue weighted by atomic mass is 16.7. The molecule has 0 aliphatic carbocycles. The highest BCUT2D eigenvalue weighted by Crippen LogP contribution is 2.49. The predicted molar refractivity (Wildman–Crippen MR) is 72.1 cm³/mol. The lowest BCUT2D eigenvalue weighted by molar-refractivity contribution is -0.321. The number of aliphatic hydroxyl groups excluding tert-OH is 1. The van der Waals surface area contributed by atoms with Gasteiger partial charge in [-0.2, -0.15) is 0 Å². The Labute approximate surface area is 118 Å². The van der Waals surface area contributed by atoms with E-state index in [4.69, 9.17) is 18.9 Å². The third kappa shape index (κ3) is 2.06. The van der Waals surface area contributed by atoms with Crippen LogP contribution in [0.3, 0.4) is 0 Å². The number of hydrogen-bond acceptors (Lipinski definition) is 5. The average Bonchev–Trinajstić information content (AvgIpc) is 2.44. The van der Waals surface area contributed by atoms with Crippen LogP contribution in [0.25, 0.3) is 0 Å². The highest BCUT2D eigenvalue weighted by molar-refractivity contribution is 5.52. The van der Waals surface area contributed by atoms with E-state index in [1.807, 2.05) is 19.1 Å². The summed E-state index contributed by atoms with van der Waals surface area (Å²) in [5.41, 5.74) is 2.09. The molecule has 0 saturated carbocycles. The van der Waals surface area contributed by atoms with Crippen LogP contribution in [0.15, 0.2) is 12.1 Å². The second-order valence-corrected chi connectivity index (χ2v) is 5.44. The summed E-state index contributed by atoms with van der Waals surface area (Å²) in [5.74, 6) is 0.904. The van der Waals surface area contributed by atoms with Gasteiger partial charge in [-0.25, -0.2) is 0 Å². The van der Waals surface area contributed by atoms with Crippen LogP contribution >= 0.6 is 0 Å². The van der Waals surface area contributed by atoms with Gasteiger partial charge in [-0.3, -0.25) is 0 Å². The SMILES string of the molecule is COc1ccc(OC)c2c1CC1(C)OC(CO)CC2O1. The van der Waals surface area contributed by atoms with E-state index in [2.05, 4.69) is 0 Å². The Hall–Kier alpha value is -1.30. The Morgan fingerprint density at radius 2 is 1.95 bits per heavy atom. The minimum absolute atomic E-state index is 0.00291. The largest absolute Gasteiger partial charge is 0.496 e. The number of fused-ring (bicyclic) bond motifs is 4. The Morgan fingerprint density at radius 1 is 1.25 bits per heavy atom. The van der Waals surface area contributed by atoms with Crippen LogP contribution in [0, 0.1) is 0 Å². The van der Waals surface area contributed by atoms with E-state index >= 15 is 0 Å². The third-order valence-corrected chi connectivity index (χ3v) is 4.02. The fourth-order valence-electron chi connectivity index (χ4n) is 3.24. The standard InChI is InChI=1S/C15H20O5/c1-15-7-10-11(17-2)4-5-12(18-3)14(10)13(20-15)6-9(8-16)19-15/h4-5,9,13,16H,6-8H2,1-3H3.